The summed E-state index contributed by atoms with van der Waals surface area (Å²) in [4.78, 5) is 15.0. The molecule has 2 aromatic rings. The van der Waals surface area contributed by atoms with E-state index in [9.17, 15) is 4.79 Å². The molecule has 5 heteroatoms. The van der Waals surface area contributed by atoms with Gasteiger partial charge in [-0.2, -0.15) is 5.10 Å². The molecule has 1 aromatic carbocycles. The van der Waals surface area contributed by atoms with E-state index in [0.717, 1.165) is 42.9 Å². The fraction of sp³-hybridized carbons (Fsp3) is 0.500. The number of carbonyl (C=O) groups is 1. The van der Waals surface area contributed by atoms with Gasteiger partial charge in [0, 0.05) is 24.8 Å². The summed E-state index contributed by atoms with van der Waals surface area (Å²) in [6, 6.07) is 10.5. The molecule has 1 saturated heterocycles. The largest absolute Gasteiger partial charge is 0.380 e. The molecule has 3 rings (SSSR count). The lowest BCUT2D eigenvalue weighted by Gasteiger charge is -2.23. The second kappa shape index (κ2) is 6.90. The molecular weight excluding hydrogens is 312 g/mol. The number of hydrogen-bond donors (Lipinski definition) is 1. The molecule has 0 saturated carbocycles. The highest BCUT2D eigenvalue weighted by molar-refractivity contribution is 5.95. The van der Waals surface area contributed by atoms with Crippen molar-refractivity contribution in [2.24, 2.45) is 0 Å². The fourth-order valence-corrected chi connectivity index (χ4v) is 3.47. The van der Waals surface area contributed by atoms with Crippen LogP contribution in [-0.4, -0.2) is 39.7 Å². The van der Waals surface area contributed by atoms with Crippen LogP contribution in [0.4, 0.5) is 5.69 Å². The minimum Gasteiger partial charge on any atom is -0.380 e. The molecule has 2 heterocycles. The van der Waals surface area contributed by atoms with E-state index in [0.29, 0.717) is 6.04 Å². The highest BCUT2D eigenvalue weighted by Gasteiger charge is 2.30. The van der Waals surface area contributed by atoms with Crippen molar-refractivity contribution >= 4 is 11.6 Å². The minimum absolute atomic E-state index is 0.102. The number of rotatable bonds is 4. The molecule has 1 unspecified atom stereocenters. The zero-order valence-electron chi connectivity index (χ0n) is 15.6. The SMILES string of the molecule is CCc1c(C(=O)N2CCC(Nc3ccccc3)C2)cnn1C(C)(C)C. The summed E-state index contributed by atoms with van der Waals surface area (Å²) < 4.78 is 1.98. The number of nitrogens with zero attached hydrogens (tertiary/aromatic N) is 3. The second-order valence-corrected chi connectivity index (χ2v) is 7.69. The minimum atomic E-state index is -0.119. The number of amides is 1. The van der Waals surface area contributed by atoms with Gasteiger partial charge in [-0.05, 0) is 45.7 Å². The van der Waals surface area contributed by atoms with Crippen LogP contribution in [0, 0.1) is 0 Å². The Labute approximate surface area is 150 Å². The van der Waals surface area contributed by atoms with Gasteiger partial charge >= 0.3 is 0 Å². The van der Waals surface area contributed by atoms with Crippen molar-refractivity contribution < 1.29 is 4.79 Å². The monoisotopic (exact) mass is 340 g/mol. The number of likely N-dealkylation sites (tertiary alicyclic amines) is 1. The van der Waals surface area contributed by atoms with Gasteiger partial charge in [0.15, 0.2) is 0 Å². The van der Waals surface area contributed by atoms with E-state index >= 15 is 0 Å². The molecule has 134 valence electrons. The standard InChI is InChI=1S/C20H28N4O/c1-5-18-17(13-21-24(18)20(2,3)4)19(25)23-12-11-16(14-23)22-15-9-7-6-8-10-15/h6-10,13,16,22H,5,11-12,14H2,1-4H3. The average Bonchev–Trinajstić information content (AvgIpc) is 3.21. The highest BCUT2D eigenvalue weighted by Crippen LogP contribution is 2.23. The zero-order valence-corrected chi connectivity index (χ0v) is 15.6. The van der Waals surface area contributed by atoms with Crippen LogP contribution in [0.15, 0.2) is 36.5 Å². The van der Waals surface area contributed by atoms with Gasteiger partial charge in [-0.1, -0.05) is 25.1 Å². The first-order valence-electron chi connectivity index (χ1n) is 9.08. The third kappa shape index (κ3) is 3.70. The van der Waals surface area contributed by atoms with Crippen LogP contribution >= 0.6 is 0 Å². The van der Waals surface area contributed by atoms with Crippen molar-refractivity contribution in [1.29, 1.82) is 0 Å². The Bertz CT molecular complexity index is 730. The van der Waals surface area contributed by atoms with Gasteiger partial charge in [0.2, 0.25) is 0 Å². The molecule has 0 aliphatic carbocycles. The molecule has 1 aromatic heterocycles. The van der Waals surface area contributed by atoms with Crippen molar-refractivity contribution in [3.63, 3.8) is 0 Å². The summed E-state index contributed by atoms with van der Waals surface area (Å²) in [5.74, 6) is 0.102. The quantitative estimate of drug-likeness (QED) is 0.926. The molecule has 0 spiro atoms. The highest BCUT2D eigenvalue weighted by atomic mass is 16.2. The van der Waals surface area contributed by atoms with Gasteiger partial charge in [-0.25, -0.2) is 0 Å². The van der Waals surface area contributed by atoms with Crippen LogP contribution in [0.5, 0.6) is 0 Å². The van der Waals surface area contributed by atoms with E-state index in [4.69, 9.17) is 0 Å². The Hall–Kier alpha value is -2.30. The second-order valence-electron chi connectivity index (χ2n) is 7.69. The third-order valence-corrected chi connectivity index (χ3v) is 4.69. The summed E-state index contributed by atoms with van der Waals surface area (Å²) in [5, 5.41) is 8.01. The predicted molar refractivity (Wildman–Crippen MR) is 101 cm³/mol. The van der Waals surface area contributed by atoms with Gasteiger partial charge in [0.05, 0.1) is 23.0 Å². The molecule has 1 atom stereocenters. The van der Waals surface area contributed by atoms with Crippen molar-refractivity contribution in [3.8, 4) is 0 Å². The lowest BCUT2D eigenvalue weighted by atomic mass is 10.1. The maximum absolute atomic E-state index is 13.0. The third-order valence-electron chi connectivity index (χ3n) is 4.69. The molecule has 5 nitrogen and oxygen atoms in total. The predicted octanol–water partition coefficient (Wildman–Crippen LogP) is 3.53. The Kier molecular flexibility index (Phi) is 4.84. The lowest BCUT2D eigenvalue weighted by Crippen LogP contribution is -2.32. The number of nitrogens with one attached hydrogen (secondary N) is 1. The zero-order chi connectivity index (χ0) is 18.0. The van der Waals surface area contributed by atoms with Crippen LogP contribution in [0.3, 0.4) is 0 Å². The maximum Gasteiger partial charge on any atom is 0.257 e. The maximum atomic E-state index is 13.0. The summed E-state index contributed by atoms with van der Waals surface area (Å²) in [7, 11) is 0. The molecule has 1 aliphatic heterocycles. The van der Waals surface area contributed by atoms with Gasteiger partial charge in [0.1, 0.15) is 0 Å². The topological polar surface area (TPSA) is 50.2 Å². The molecule has 1 amide bonds. The number of carbonyl (C=O) groups excluding carboxylic acids is 1. The first-order chi connectivity index (χ1) is 11.9. The molecule has 1 fully saturated rings. The fourth-order valence-electron chi connectivity index (χ4n) is 3.47. The van der Waals surface area contributed by atoms with Crippen LogP contribution in [0.2, 0.25) is 0 Å². The number of hydrogen-bond acceptors (Lipinski definition) is 3. The Balaban J connectivity index is 1.71. The van der Waals surface area contributed by atoms with Crippen molar-refractivity contribution in [2.75, 3.05) is 18.4 Å². The summed E-state index contributed by atoms with van der Waals surface area (Å²) in [5.41, 5.74) is 2.76. The van der Waals surface area contributed by atoms with Crippen LogP contribution < -0.4 is 5.32 Å². The van der Waals surface area contributed by atoms with Crippen molar-refractivity contribution in [3.05, 3.63) is 47.8 Å². The first kappa shape index (κ1) is 17.5. The van der Waals surface area contributed by atoms with Gasteiger partial charge in [-0.15, -0.1) is 0 Å². The summed E-state index contributed by atoms with van der Waals surface area (Å²) >= 11 is 0. The van der Waals surface area contributed by atoms with E-state index < -0.39 is 0 Å². The van der Waals surface area contributed by atoms with E-state index in [1.807, 2.05) is 27.8 Å². The van der Waals surface area contributed by atoms with E-state index in [-0.39, 0.29) is 11.4 Å². The molecule has 1 N–H and O–H groups in total. The molecule has 25 heavy (non-hydrogen) atoms. The number of benzene rings is 1. The lowest BCUT2D eigenvalue weighted by molar-refractivity contribution is 0.0790. The van der Waals surface area contributed by atoms with Crippen LogP contribution in [-0.2, 0) is 12.0 Å². The van der Waals surface area contributed by atoms with E-state index in [1.165, 1.54) is 0 Å². The van der Waals surface area contributed by atoms with E-state index in [1.54, 1.807) is 6.20 Å². The number of aromatic nitrogens is 2. The van der Waals surface area contributed by atoms with Crippen LogP contribution in [0.25, 0.3) is 0 Å². The molecule has 0 bridgehead atoms. The number of para-hydroxylation sites is 1. The Morgan fingerprint density at radius 3 is 2.64 bits per heavy atom. The average molecular weight is 340 g/mol. The number of anilines is 1. The van der Waals surface area contributed by atoms with Gasteiger partial charge in [0.25, 0.3) is 5.91 Å². The van der Waals surface area contributed by atoms with Crippen LogP contribution in [0.1, 0.15) is 50.2 Å². The summed E-state index contributed by atoms with van der Waals surface area (Å²) in [6.07, 6.45) is 3.51. The van der Waals surface area contributed by atoms with Crippen molar-refractivity contribution in [2.45, 2.75) is 52.1 Å². The summed E-state index contributed by atoms with van der Waals surface area (Å²) in [6.45, 7) is 9.94. The van der Waals surface area contributed by atoms with E-state index in [2.05, 4.69) is 50.2 Å². The van der Waals surface area contributed by atoms with Gasteiger partial charge in [-0.3, -0.25) is 9.48 Å². The molecule has 0 radical (unpaired) electrons. The normalized spacial score (nSPS) is 17.8. The molecule has 1 aliphatic rings. The Morgan fingerprint density at radius 2 is 2.00 bits per heavy atom. The van der Waals surface area contributed by atoms with Crippen molar-refractivity contribution in [1.82, 2.24) is 14.7 Å². The first-order valence-corrected chi connectivity index (χ1v) is 9.08. The molecular formula is C20H28N4O. The smallest absolute Gasteiger partial charge is 0.257 e. The van der Waals surface area contributed by atoms with Gasteiger partial charge < -0.3 is 10.2 Å². The Morgan fingerprint density at radius 1 is 1.28 bits per heavy atom.